The molecule has 0 radical (unpaired) electrons. The van der Waals surface area contributed by atoms with Crippen LogP contribution in [0.2, 0.25) is 0 Å². The lowest BCUT2D eigenvalue weighted by Gasteiger charge is -2.14. The predicted molar refractivity (Wildman–Crippen MR) is 108 cm³/mol. The molecule has 1 saturated carbocycles. The zero-order valence-electron chi connectivity index (χ0n) is 17.1. The summed E-state index contributed by atoms with van der Waals surface area (Å²) >= 11 is 0. The summed E-state index contributed by atoms with van der Waals surface area (Å²) in [5.74, 6) is -0.0691. The molecule has 0 saturated heterocycles. The number of nitrogens with one attached hydrogen (secondary N) is 2. The number of imide groups is 1. The van der Waals surface area contributed by atoms with E-state index in [4.69, 9.17) is 14.2 Å². The Bertz CT molecular complexity index is 700. The molecule has 1 fully saturated rings. The van der Waals surface area contributed by atoms with Crippen LogP contribution >= 0.6 is 0 Å². The molecule has 0 spiro atoms. The van der Waals surface area contributed by atoms with Gasteiger partial charge in [0.15, 0.2) is 18.1 Å². The van der Waals surface area contributed by atoms with Gasteiger partial charge in [0.2, 0.25) is 0 Å². The number of amides is 3. The molecule has 29 heavy (non-hydrogen) atoms. The fourth-order valence-corrected chi connectivity index (χ4v) is 2.98. The van der Waals surface area contributed by atoms with Crippen LogP contribution in [-0.4, -0.2) is 37.7 Å². The van der Waals surface area contributed by atoms with Gasteiger partial charge in [-0.05, 0) is 37.8 Å². The minimum atomic E-state index is -0.712. The van der Waals surface area contributed by atoms with E-state index < -0.39 is 18.5 Å². The van der Waals surface area contributed by atoms with Crippen LogP contribution in [0, 0.1) is 5.92 Å². The van der Waals surface area contributed by atoms with Crippen molar-refractivity contribution in [1.82, 2.24) is 5.32 Å². The molecule has 0 atom stereocenters. The summed E-state index contributed by atoms with van der Waals surface area (Å²) in [6.07, 6.45) is 5.28. The highest BCUT2D eigenvalue weighted by atomic mass is 16.5. The van der Waals surface area contributed by atoms with E-state index in [1.54, 1.807) is 18.2 Å². The first-order valence-corrected chi connectivity index (χ1v) is 10.2. The number of benzene rings is 1. The Morgan fingerprint density at radius 2 is 1.66 bits per heavy atom. The average molecular weight is 406 g/mol. The van der Waals surface area contributed by atoms with Crippen LogP contribution < -0.4 is 20.1 Å². The Hall–Kier alpha value is -2.77. The highest BCUT2D eigenvalue weighted by Crippen LogP contribution is 2.31. The lowest BCUT2D eigenvalue weighted by atomic mass is 10.1. The van der Waals surface area contributed by atoms with Crippen molar-refractivity contribution in [2.75, 3.05) is 25.1 Å². The van der Waals surface area contributed by atoms with Crippen molar-refractivity contribution in [3.05, 3.63) is 18.2 Å². The van der Waals surface area contributed by atoms with Crippen molar-refractivity contribution >= 4 is 23.6 Å². The molecule has 8 nitrogen and oxygen atoms in total. The smallest absolute Gasteiger partial charge is 0.325 e. The third kappa shape index (κ3) is 7.63. The highest BCUT2D eigenvalue weighted by molar-refractivity contribution is 6.02. The van der Waals surface area contributed by atoms with E-state index >= 15 is 0 Å². The van der Waals surface area contributed by atoms with E-state index in [0.29, 0.717) is 30.4 Å². The van der Waals surface area contributed by atoms with E-state index in [2.05, 4.69) is 10.6 Å². The van der Waals surface area contributed by atoms with Crippen LogP contribution in [0.1, 0.15) is 52.4 Å². The van der Waals surface area contributed by atoms with Crippen molar-refractivity contribution in [3.63, 3.8) is 0 Å². The van der Waals surface area contributed by atoms with Gasteiger partial charge in [0, 0.05) is 11.8 Å². The van der Waals surface area contributed by atoms with Gasteiger partial charge in [-0.1, -0.05) is 26.7 Å². The fourth-order valence-electron chi connectivity index (χ4n) is 2.98. The van der Waals surface area contributed by atoms with Crippen molar-refractivity contribution in [3.8, 4) is 11.5 Å². The molecule has 0 aromatic heterocycles. The quantitative estimate of drug-likeness (QED) is 0.575. The number of hydrogen-bond acceptors (Lipinski definition) is 6. The number of ether oxygens (including phenoxy) is 3. The molecule has 1 aromatic carbocycles. The summed E-state index contributed by atoms with van der Waals surface area (Å²) in [7, 11) is 0. The van der Waals surface area contributed by atoms with Gasteiger partial charge in [-0.3, -0.25) is 14.9 Å². The number of carbonyl (C=O) groups is 3. The van der Waals surface area contributed by atoms with E-state index in [-0.39, 0.29) is 11.9 Å². The summed E-state index contributed by atoms with van der Waals surface area (Å²) < 4.78 is 16.3. The van der Waals surface area contributed by atoms with E-state index in [9.17, 15) is 14.4 Å². The second-order valence-corrected chi connectivity index (χ2v) is 6.95. The van der Waals surface area contributed by atoms with Gasteiger partial charge in [0.05, 0.1) is 19.1 Å². The van der Waals surface area contributed by atoms with Gasteiger partial charge < -0.3 is 19.5 Å². The molecule has 2 N–H and O–H groups in total. The Labute approximate surface area is 171 Å². The Kier molecular flexibility index (Phi) is 9.27. The summed E-state index contributed by atoms with van der Waals surface area (Å²) in [5.41, 5.74) is 0.452. The van der Waals surface area contributed by atoms with E-state index in [1.807, 2.05) is 13.8 Å². The predicted octanol–water partition coefficient (Wildman–Crippen LogP) is 3.65. The van der Waals surface area contributed by atoms with Crippen molar-refractivity contribution in [1.29, 1.82) is 0 Å². The molecule has 0 bridgehead atoms. The fraction of sp³-hybridized carbons (Fsp3) is 0.571. The first-order valence-electron chi connectivity index (χ1n) is 10.2. The standard InChI is InChI=1S/C21H30N2O6/c1-3-11-27-17-10-9-16(13-18(17)28-12-4-2)22-21(26)23-19(24)14-29-20(25)15-7-5-6-8-15/h9-10,13,15H,3-8,11-12,14H2,1-2H3,(H2,22,23,24,26). The van der Waals surface area contributed by atoms with Gasteiger partial charge >= 0.3 is 12.0 Å². The summed E-state index contributed by atoms with van der Waals surface area (Å²) in [4.78, 5) is 35.7. The van der Waals surface area contributed by atoms with Crippen LogP contribution in [0.15, 0.2) is 18.2 Å². The molecular weight excluding hydrogens is 376 g/mol. The van der Waals surface area contributed by atoms with E-state index in [1.165, 1.54) is 0 Å². The van der Waals surface area contributed by atoms with Crippen molar-refractivity contribution in [2.24, 2.45) is 5.92 Å². The van der Waals surface area contributed by atoms with Gasteiger partial charge in [0.1, 0.15) is 0 Å². The van der Waals surface area contributed by atoms with Crippen LogP contribution in [0.4, 0.5) is 10.5 Å². The number of carbonyl (C=O) groups excluding carboxylic acids is 3. The number of rotatable bonds is 10. The lowest BCUT2D eigenvalue weighted by Crippen LogP contribution is -2.37. The molecule has 1 aliphatic carbocycles. The molecule has 3 amide bonds. The van der Waals surface area contributed by atoms with Crippen LogP contribution in [0.5, 0.6) is 11.5 Å². The molecule has 0 unspecified atom stereocenters. The van der Waals surface area contributed by atoms with Crippen LogP contribution in [-0.2, 0) is 14.3 Å². The molecule has 0 aliphatic heterocycles. The number of esters is 1. The first-order chi connectivity index (χ1) is 14.0. The first kappa shape index (κ1) is 22.5. The maximum Gasteiger partial charge on any atom is 0.325 e. The zero-order chi connectivity index (χ0) is 21.1. The van der Waals surface area contributed by atoms with E-state index in [0.717, 1.165) is 38.5 Å². The topological polar surface area (TPSA) is 103 Å². The van der Waals surface area contributed by atoms with Crippen molar-refractivity contribution in [2.45, 2.75) is 52.4 Å². The highest BCUT2D eigenvalue weighted by Gasteiger charge is 2.24. The van der Waals surface area contributed by atoms with Gasteiger partial charge in [-0.2, -0.15) is 0 Å². The maximum absolute atomic E-state index is 12.1. The minimum absolute atomic E-state index is 0.133. The number of anilines is 1. The average Bonchev–Trinajstić information content (AvgIpc) is 3.24. The Balaban J connectivity index is 1.84. The number of urea groups is 1. The summed E-state index contributed by atoms with van der Waals surface area (Å²) in [6, 6.07) is 4.30. The van der Waals surface area contributed by atoms with Gasteiger partial charge in [-0.25, -0.2) is 4.79 Å². The number of hydrogen-bond donors (Lipinski definition) is 2. The summed E-state index contributed by atoms with van der Waals surface area (Å²) in [6.45, 7) is 4.60. The molecule has 8 heteroatoms. The largest absolute Gasteiger partial charge is 0.490 e. The second kappa shape index (κ2) is 11.9. The molecular formula is C21H30N2O6. The van der Waals surface area contributed by atoms with Crippen LogP contribution in [0.3, 0.4) is 0 Å². The van der Waals surface area contributed by atoms with Gasteiger partial charge in [0.25, 0.3) is 5.91 Å². The van der Waals surface area contributed by atoms with Gasteiger partial charge in [-0.15, -0.1) is 0 Å². The lowest BCUT2D eigenvalue weighted by molar-refractivity contribution is -0.152. The molecule has 1 aromatic rings. The monoisotopic (exact) mass is 406 g/mol. The maximum atomic E-state index is 12.1. The third-order valence-electron chi connectivity index (χ3n) is 4.41. The molecule has 2 rings (SSSR count). The molecule has 160 valence electrons. The molecule has 1 aliphatic rings. The SMILES string of the molecule is CCCOc1ccc(NC(=O)NC(=O)COC(=O)C2CCCC2)cc1OCCC. The van der Waals surface area contributed by atoms with Crippen molar-refractivity contribution < 1.29 is 28.6 Å². The zero-order valence-corrected chi connectivity index (χ0v) is 17.1. The molecule has 0 heterocycles. The Morgan fingerprint density at radius 1 is 1.00 bits per heavy atom. The second-order valence-electron chi connectivity index (χ2n) is 6.95. The minimum Gasteiger partial charge on any atom is -0.490 e. The van der Waals surface area contributed by atoms with Crippen LogP contribution in [0.25, 0.3) is 0 Å². The summed E-state index contributed by atoms with van der Waals surface area (Å²) in [5, 5.41) is 4.72. The third-order valence-corrected chi connectivity index (χ3v) is 4.41. The normalized spacial score (nSPS) is 13.6. The Morgan fingerprint density at radius 3 is 2.31 bits per heavy atom.